The Morgan fingerprint density at radius 2 is 1.76 bits per heavy atom. The van der Waals surface area contributed by atoms with E-state index in [2.05, 4.69) is 5.32 Å². The van der Waals surface area contributed by atoms with Crippen LogP contribution >= 0.6 is 0 Å². The number of hydrogen-bond acceptors (Lipinski definition) is 1. The van der Waals surface area contributed by atoms with E-state index in [1.807, 2.05) is 25.1 Å². The number of hydrogen-bond donors (Lipinski definition) is 1. The molecular formula is C16H15F4N. The predicted molar refractivity (Wildman–Crippen MR) is 74.3 cm³/mol. The third kappa shape index (κ3) is 3.42. The predicted octanol–water partition coefficient (Wildman–Crippen LogP) is 4.54. The van der Waals surface area contributed by atoms with Crippen LogP contribution in [-0.4, -0.2) is 7.05 Å². The van der Waals surface area contributed by atoms with Crippen molar-refractivity contribution in [3.8, 4) is 11.1 Å². The molecule has 2 aromatic rings. The maximum atomic E-state index is 13.7. The molecule has 0 heterocycles. The van der Waals surface area contributed by atoms with Crippen LogP contribution < -0.4 is 5.32 Å². The first kappa shape index (κ1) is 15.5. The molecule has 2 aromatic carbocycles. The molecular weight excluding hydrogens is 282 g/mol. The maximum Gasteiger partial charge on any atom is 0.419 e. The molecule has 0 radical (unpaired) electrons. The van der Waals surface area contributed by atoms with Crippen molar-refractivity contribution in [2.24, 2.45) is 0 Å². The van der Waals surface area contributed by atoms with Crippen LogP contribution in [0.15, 0.2) is 36.4 Å². The highest BCUT2D eigenvalue weighted by atomic mass is 19.4. The Morgan fingerprint density at radius 3 is 2.33 bits per heavy atom. The van der Waals surface area contributed by atoms with Gasteiger partial charge in [0.05, 0.1) is 5.56 Å². The van der Waals surface area contributed by atoms with Gasteiger partial charge in [-0.2, -0.15) is 13.2 Å². The van der Waals surface area contributed by atoms with Crippen molar-refractivity contribution in [3.05, 3.63) is 58.9 Å². The van der Waals surface area contributed by atoms with E-state index in [0.717, 1.165) is 28.8 Å². The Kier molecular flexibility index (Phi) is 4.32. The lowest BCUT2D eigenvalue weighted by atomic mass is 9.96. The molecule has 0 atom stereocenters. The van der Waals surface area contributed by atoms with Gasteiger partial charge in [-0.1, -0.05) is 29.8 Å². The van der Waals surface area contributed by atoms with Crippen molar-refractivity contribution in [1.82, 2.24) is 5.32 Å². The van der Waals surface area contributed by atoms with E-state index in [1.54, 1.807) is 7.05 Å². The number of halogens is 4. The number of alkyl halides is 3. The zero-order valence-corrected chi connectivity index (χ0v) is 11.7. The number of rotatable bonds is 3. The molecule has 0 spiro atoms. The summed E-state index contributed by atoms with van der Waals surface area (Å²) in [6, 6.07) is 8.68. The van der Waals surface area contributed by atoms with E-state index >= 15 is 0 Å². The Morgan fingerprint density at radius 1 is 1.05 bits per heavy atom. The Bertz CT molecular complexity index is 647. The van der Waals surface area contributed by atoms with Crippen molar-refractivity contribution < 1.29 is 17.6 Å². The molecule has 1 nitrogen and oxygen atoms in total. The average Bonchev–Trinajstić information content (AvgIpc) is 2.39. The topological polar surface area (TPSA) is 12.0 Å². The van der Waals surface area contributed by atoms with E-state index in [-0.39, 0.29) is 0 Å². The van der Waals surface area contributed by atoms with Crippen molar-refractivity contribution in [2.75, 3.05) is 7.05 Å². The minimum atomic E-state index is -4.68. The maximum absolute atomic E-state index is 13.7. The van der Waals surface area contributed by atoms with Gasteiger partial charge >= 0.3 is 6.18 Å². The Balaban J connectivity index is 2.52. The molecule has 2 rings (SSSR count). The first-order chi connectivity index (χ1) is 9.82. The molecule has 0 unspecified atom stereocenters. The average molecular weight is 297 g/mol. The fourth-order valence-electron chi connectivity index (χ4n) is 2.22. The van der Waals surface area contributed by atoms with E-state index in [1.165, 1.54) is 6.07 Å². The summed E-state index contributed by atoms with van der Waals surface area (Å²) >= 11 is 0. The molecule has 0 fully saturated rings. The summed E-state index contributed by atoms with van der Waals surface area (Å²) in [7, 11) is 1.77. The summed E-state index contributed by atoms with van der Waals surface area (Å²) in [5.41, 5.74) is 1.80. The van der Waals surface area contributed by atoms with E-state index in [9.17, 15) is 17.6 Å². The summed E-state index contributed by atoms with van der Waals surface area (Å²) in [5, 5.41) is 2.99. The molecule has 1 N–H and O–H groups in total. The molecule has 0 bridgehead atoms. The van der Waals surface area contributed by atoms with Gasteiger partial charge in [-0.15, -0.1) is 0 Å². The zero-order chi connectivity index (χ0) is 15.6. The second kappa shape index (κ2) is 5.85. The summed E-state index contributed by atoms with van der Waals surface area (Å²) < 4.78 is 51.5. The van der Waals surface area contributed by atoms with Crippen molar-refractivity contribution in [2.45, 2.75) is 19.6 Å². The molecule has 0 aliphatic heterocycles. The highest BCUT2D eigenvalue weighted by molar-refractivity contribution is 5.68. The van der Waals surface area contributed by atoms with Crippen LogP contribution in [0.2, 0.25) is 0 Å². The minimum absolute atomic E-state index is 0.439. The molecule has 0 amide bonds. The third-order valence-electron chi connectivity index (χ3n) is 3.22. The largest absolute Gasteiger partial charge is 0.419 e. The number of nitrogens with one attached hydrogen (secondary N) is 1. The van der Waals surface area contributed by atoms with E-state index in [4.69, 9.17) is 0 Å². The van der Waals surface area contributed by atoms with Crippen LogP contribution in [0.1, 0.15) is 16.7 Å². The van der Waals surface area contributed by atoms with Crippen LogP contribution in [-0.2, 0) is 12.7 Å². The fourth-order valence-corrected chi connectivity index (χ4v) is 2.22. The van der Waals surface area contributed by atoms with Crippen LogP contribution in [0.25, 0.3) is 11.1 Å². The second-order valence-electron chi connectivity index (χ2n) is 4.88. The molecule has 21 heavy (non-hydrogen) atoms. The highest BCUT2D eigenvalue weighted by Gasteiger charge is 2.34. The van der Waals surface area contributed by atoms with Gasteiger partial charge in [-0.3, -0.25) is 0 Å². The zero-order valence-electron chi connectivity index (χ0n) is 11.7. The molecule has 0 saturated carbocycles. The SMILES string of the molecule is CNCc1ccc(C)cc1-c1ccc(C(F)(F)F)c(F)c1. The first-order valence-electron chi connectivity index (χ1n) is 6.44. The molecule has 0 saturated heterocycles. The lowest BCUT2D eigenvalue weighted by Gasteiger charge is -2.13. The van der Waals surface area contributed by atoms with Gasteiger partial charge in [0.25, 0.3) is 0 Å². The van der Waals surface area contributed by atoms with Crippen LogP contribution in [0.5, 0.6) is 0 Å². The van der Waals surface area contributed by atoms with Gasteiger partial charge in [0.15, 0.2) is 0 Å². The summed E-state index contributed by atoms with van der Waals surface area (Å²) in [6.45, 7) is 2.44. The summed E-state index contributed by atoms with van der Waals surface area (Å²) in [4.78, 5) is 0. The van der Waals surface area contributed by atoms with Gasteiger partial charge in [0.1, 0.15) is 5.82 Å². The van der Waals surface area contributed by atoms with Crippen LogP contribution in [0, 0.1) is 12.7 Å². The monoisotopic (exact) mass is 297 g/mol. The molecule has 0 aromatic heterocycles. The minimum Gasteiger partial charge on any atom is -0.316 e. The quantitative estimate of drug-likeness (QED) is 0.820. The highest BCUT2D eigenvalue weighted by Crippen LogP contribution is 2.34. The molecule has 5 heteroatoms. The fraction of sp³-hybridized carbons (Fsp3) is 0.250. The van der Waals surface area contributed by atoms with Crippen molar-refractivity contribution in [1.29, 1.82) is 0 Å². The molecule has 112 valence electrons. The summed E-state index contributed by atoms with van der Waals surface area (Å²) in [5.74, 6) is -1.25. The van der Waals surface area contributed by atoms with E-state index < -0.39 is 17.6 Å². The van der Waals surface area contributed by atoms with Crippen LogP contribution in [0.3, 0.4) is 0 Å². The van der Waals surface area contributed by atoms with Gasteiger partial charge in [-0.25, -0.2) is 4.39 Å². The van der Waals surface area contributed by atoms with Gasteiger partial charge < -0.3 is 5.32 Å². The molecule has 0 aliphatic carbocycles. The Hall–Kier alpha value is -1.88. The van der Waals surface area contributed by atoms with Crippen molar-refractivity contribution in [3.63, 3.8) is 0 Å². The number of aryl methyl sites for hydroxylation is 1. The third-order valence-corrected chi connectivity index (χ3v) is 3.22. The lowest BCUT2D eigenvalue weighted by Crippen LogP contribution is -2.09. The van der Waals surface area contributed by atoms with E-state index in [0.29, 0.717) is 12.1 Å². The molecule has 0 aliphatic rings. The normalized spacial score (nSPS) is 11.7. The van der Waals surface area contributed by atoms with Gasteiger partial charge in [-0.05, 0) is 42.8 Å². The lowest BCUT2D eigenvalue weighted by molar-refractivity contribution is -0.139. The smallest absolute Gasteiger partial charge is 0.316 e. The number of benzene rings is 2. The standard InChI is InChI=1S/C16H15F4N/c1-10-3-4-12(9-21-2)13(7-10)11-5-6-14(15(17)8-11)16(18,19)20/h3-8,21H,9H2,1-2H3. The van der Waals surface area contributed by atoms with Gasteiger partial charge in [0, 0.05) is 6.54 Å². The summed E-state index contributed by atoms with van der Waals surface area (Å²) in [6.07, 6.45) is -4.68. The van der Waals surface area contributed by atoms with Crippen molar-refractivity contribution >= 4 is 0 Å². The van der Waals surface area contributed by atoms with Gasteiger partial charge in [0.2, 0.25) is 0 Å². The Labute approximate surface area is 120 Å². The van der Waals surface area contributed by atoms with Crippen LogP contribution in [0.4, 0.5) is 17.6 Å². The first-order valence-corrected chi connectivity index (χ1v) is 6.44. The second-order valence-corrected chi connectivity index (χ2v) is 4.88.